The second kappa shape index (κ2) is 7.59. The summed E-state index contributed by atoms with van der Waals surface area (Å²) in [6.45, 7) is 2.38. The number of nitrogens with zero attached hydrogens (tertiary/aromatic N) is 1. The summed E-state index contributed by atoms with van der Waals surface area (Å²) in [5, 5.41) is 3.19. The highest BCUT2D eigenvalue weighted by Crippen LogP contribution is 2.27. The van der Waals surface area contributed by atoms with Crippen LogP contribution in [0.5, 0.6) is 5.75 Å². The first kappa shape index (κ1) is 18.0. The molecule has 0 aliphatic rings. The van der Waals surface area contributed by atoms with Gasteiger partial charge in [0.05, 0.1) is 15.2 Å². The lowest BCUT2D eigenvalue weighted by molar-refractivity contribution is -0.118. The van der Waals surface area contributed by atoms with E-state index >= 15 is 0 Å². The summed E-state index contributed by atoms with van der Waals surface area (Å²) in [5.74, 6) is 0.134. The maximum atomic E-state index is 12.1. The average molecular weight is 442 g/mol. The number of ether oxygens (including phenoxy) is 1. The number of nitrogens with one attached hydrogen (secondary N) is 1. The summed E-state index contributed by atoms with van der Waals surface area (Å²) in [6, 6.07) is 10.6. The van der Waals surface area contributed by atoms with Gasteiger partial charge in [-0.3, -0.25) is 14.2 Å². The molecule has 25 heavy (non-hydrogen) atoms. The number of hydrogen-bond acceptors (Lipinski definition) is 4. The largest absolute Gasteiger partial charge is 0.482 e. The quantitative estimate of drug-likeness (QED) is 0.633. The smallest absolute Gasteiger partial charge is 0.308 e. The summed E-state index contributed by atoms with van der Waals surface area (Å²) in [5.41, 5.74) is 1.49. The number of thiazole rings is 1. The number of carbonyl (C=O) groups is 1. The molecule has 0 spiro atoms. The molecule has 3 rings (SSSR count). The van der Waals surface area contributed by atoms with E-state index in [0.717, 1.165) is 26.0 Å². The average Bonchev–Trinajstić information content (AvgIpc) is 2.88. The van der Waals surface area contributed by atoms with Crippen molar-refractivity contribution >= 4 is 60.7 Å². The maximum absolute atomic E-state index is 12.1. The number of fused-ring (bicyclic) bond motifs is 1. The highest BCUT2D eigenvalue weighted by atomic mass is 79.9. The summed E-state index contributed by atoms with van der Waals surface area (Å²) in [6.07, 6.45) is 0. The Balaban J connectivity index is 1.68. The molecule has 130 valence electrons. The van der Waals surface area contributed by atoms with E-state index in [-0.39, 0.29) is 17.4 Å². The Bertz CT molecular complexity index is 999. The van der Waals surface area contributed by atoms with Crippen molar-refractivity contribution in [3.8, 4) is 5.75 Å². The molecule has 0 fully saturated rings. The topological polar surface area (TPSA) is 60.3 Å². The van der Waals surface area contributed by atoms with Crippen molar-refractivity contribution in [3.63, 3.8) is 0 Å². The second-order valence-corrected chi connectivity index (χ2v) is 7.52. The van der Waals surface area contributed by atoms with Gasteiger partial charge in [-0.05, 0) is 43.3 Å². The summed E-state index contributed by atoms with van der Waals surface area (Å²) < 4.78 is 8.80. The first-order chi connectivity index (χ1) is 12.0. The molecule has 2 aromatic carbocycles. The molecule has 1 amide bonds. The Hall–Kier alpha value is -1.83. The third-order valence-electron chi connectivity index (χ3n) is 3.52. The van der Waals surface area contributed by atoms with E-state index < -0.39 is 0 Å². The van der Waals surface area contributed by atoms with Gasteiger partial charge in [0.15, 0.2) is 6.61 Å². The summed E-state index contributed by atoms with van der Waals surface area (Å²) >= 11 is 10.5. The minimum Gasteiger partial charge on any atom is -0.482 e. The molecular formula is C17H14BrClN2O3S. The van der Waals surface area contributed by atoms with E-state index in [1.807, 2.05) is 13.0 Å². The van der Waals surface area contributed by atoms with Crippen LogP contribution in [0.1, 0.15) is 6.92 Å². The highest BCUT2D eigenvalue weighted by Gasteiger charge is 2.10. The van der Waals surface area contributed by atoms with Gasteiger partial charge in [-0.15, -0.1) is 0 Å². The standard InChI is InChI=1S/C17H14BrClN2O3S/c1-2-21-13-5-4-11(8-15(13)25-17(21)23)20-16(22)9-24-14-6-3-10(18)7-12(14)19/h3-8H,2,9H2,1H3,(H,20,22). The molecule has 0 saturated carbocycles. The number of benzene rings is 2. The van der Waals surface area contributed by atoms with E-state index in [0.29, 0.717) is 23.0 Å². The third-order valence-corrected chi connectivity index (χ3v) is 5.25. The van der Waals surface area contributed by atoms with Gasteiger partial charge in [-0.1, -0.05) is 38.9 Å². The molecule has 3 aromatic rings. The Morgan fingerprint density at radius 2 is 2.12 bits per heavy atom. The van der Waals surface area contributed by atoms with Crippen LogP contribution in [-0.2, 0) is 11.3 Å². The SMILES string of the molecule is CCn1c(=O)sc2cc(NC(=O)COc3ccc(Br)cc3Cl)ccc21. The van der Waals surface area contributed by atoms with Gasteiger partial charge in [0.2, 0.25) is 0 Å². The minimum absolute atomic E-state index is 0.00538. The molecule has 1 heterocycles. The molecule has 0 unspecified atom stereocenters. The number of halogens is 2. The third kappa shape index (κ3) is 4.05. The fourth-order valence-corrected chi connectivity index (χ4v) is 4.10. The Kier molecular flexibility index (Phi) is 5.46. The van der Waals surface area contributed by atoms with Gasteiger partial charge in [-0.25, -0.2) is 0 Å². The van der Waals surface area contributed by atoms with Crippen LogP contribution >= 0.6 is 38.9 Å². The number of aryl methyl sites for hydroxylation is 1. The zero-order chi connectivity index (χ0) is 18.0. The van der Waals surface area contributed by atoms with Gasteiger partial charge < -0.3 is 10.1 Å². The summed E-state index contributed by atoms with van der Waals surface area (Å²) in [4.78, 5) is 23.9. The number of carbonyl (C=O) groups excluding carboxylic acids is 1. The van der Waals surface area contributed by atoms with Gasteiger partial charge in [0, 0.05) is 16.7 Å². The molecule has 1 N–H and O–H groups in total. The molecule has 0 atom stereocenters. The fraction of sp³-hybridized carbons (Fsp3) is 0.176. The second-order valence-electron chi connectivity index (χ2n) is 5.21. The molecule has 0 saturated heterocycles. The van der Waals surface area contributed by atoms with Crippen LogP contribution in [0.25, 0.3) is 10.2 Å². The lowest BCUT2D eigenvalue weighted by atomic mass is 10.3. The number of hydrogen-bond donors (Lipinski definition) is 1. The van der Waals surface area contributed by atoms with Crippen LogP contribution in [0.2, 0.25) is 5.02 Å². The van der Waals surface area contributed by atoms with Crippen LogP contribution in [0.3, 0.4) is 0 Å². The molecule has 0 aliphatic heterocycles. The molecule has 5 nitrogen and oxygen atoms in total. The fourth-order valence-electron chi connectivity index (χ4n) is 2.38. The lowest BCUT2D eigenvalue weighted by Crippen LogP contribution is -2.20. The molecule has 0 radical (unpaired) electrons. The zero-order valence-corrected chi connectivity index (χ0v) is 16.4. The normalized spacial score (nSPS) is 10.8. The Labute approximate surface area is 161 Å². The van der Waals surface area contributed by atoms with Crippen LogP contribution in [0, 0.1) is 0 Å². The highest BCUT2D eigenvalue weighted by molar-refractivity contribution is 9.10. The number of amides is 1. The van der Waals surface area contributed by atoms with Crippen molar-refractivity contribution in [3.05, 3.63) is 55.6 Å². The first-order valence-electron chi connectivity index (χ1n) is 7.49. The summed E-state index contributed by atoms with van der Waals surface area (Å²) in [7, 11) is 0. The molecule has 8 heteroatoms. The monoisotopic (exact) mass is 440 g/mol. The van der Waals surface area contributed by atoms with Gasteiger partial charge in [-0.2, -0.15) is 0 Å². The van der Waals surface area contributed by atoms with E-state index in [1.54, 1.807) is 34.9 Å². The number of aromatic nitrogens is 1. The maximum Gasteiger partial charge on any atom is 0.308 e. The van der Waals surface area contributed by atoms with Crippen LogP contribution < -0.4 is 14.9 Å². The van der Waals surface area contributed by atoms with Crippen LogP contribution in [0.4, 0.5) is 5.69 Å². The van der Waals surface area contributed by atoms with Crippen molar-refractivity contribution in [2.45, 2.75) is 13.5 Å². The van der Waals surface area contributed by atoms with Gasteiger partial charge in [0.1, 0.15) is 5.75 Å². The molecular weight excluding hydrogens is 428 g/mol. The zero-order valence-electron chi connectivity index (χ0n) is 13.2. The predicted octanol–water partition coefficient (Wildman–Crippen LogP) is 4.52. The van der Waals surface area contributed by atoms with Crippen molar-refractivity contribution in [1.29, 1.82) is 0 Å². The van der Waals surface area contributed by atoms with Crippen molar-refractivity contribution in [1.82, 2.24) is 4.57 Å². The Morgan fingerprint density at radius 3 is 2.84 bits per heavy atom. The van der Waals surface area contributed by atoms with Crippen molar-refractivity contribution < 1.29 is 9.53 Å². The van der Waals surface area contributed by atoms with Gasteiger partial charge >= 0.3 is 4.87 Å². The van der Waals surface area contributed by atoms with E-state index in [4.69, 9.17) is 16.3 Å². The first-order valence-corrected chi connectivity index (χ1v) is 9.47. The number of rotatable bonds is 5. The molecule has 1 aromatic heterocycles. The number of anilines is 1. The van der Waals surface area contributed by atoms with Crippen LogP contribution in [-0.4, -0.2) is 17.1 Å². The van der Waals surface area contributed by atoms with E-state index in [9.17, 15) is 9.59 Å². The van der Waals surface area contributed by atoms with E-state index in [2.05, 4.69) is 21.2 Å². The van der Waals surface area contributed by atoms with Crippen molar-refractivity contribution in [2.24, 2.45) is 0 Å². The van der Waals surface area contributed by atoms with Crippen LogP contribution in [0.15, 0.2) is 45.7 Å². The molecule has 0 aliphatic carbocycles. The van der Waals surface area contributed by atoms with Crippen molar-refractivity contribution in [2.75, 3.05) is 11.9 Å². The van der Waals surface area contributed by atoms with Gasteiger partial charge in [0.25, 0.3) is 5.91 Å². The minimum atomic E-state index is -0.305. The Morgan fingerprint density at radius 1 is 1.32 bits per heavy atom. The predicted molar refractivity (Wildman–Crippen MR) is 105 cm³/mol. The molecule has 0 bridgehead atoms. The van der Waals surface area contributed by atoms with E-state index in [1.165, 1.54) is 0 Å². The lowest BCUT2D eigenvalue weighted by Gasteiger charge is -2.09.